The molecule has 1 spiro atoms. The quantitative estimate of drug-likeness (QED) is 0.553. The molecule has 9 heteroatoms. The minimum absolute atomic E-state index is 0.128. The molecule has 0 radical (unpaired) electrons. The van der Waals surface area contributed by atoms with Crippen LogP contribution in [0.5, 0.6) is 0 Å². The summed E-state index contributed by atoms with van der Waals surface area (Å²) in [5.41, 5.74) is -2.99. The highest BCUT2D eigenvalue weighted by Gasteiger charge is 2.61. The standard InChI is InChI=1S/C28H33F3N2O4/c1-32(24(34)27(36,28(29,30)31)23-10-6-3-7-11-23)15-12-22-18-26(19-22)13-16-33(17-14-26)25(35)37-20-21-8-4-2-5-9-21/h2-11,22,36H,12-20H2,1H3/t27-/m1/s1. The van der Waals surface area contributed by atoms with Gasteiger partial charge in [0.05, 0.1) is 0 Å². The van der Waals surface area contributed by atoms with Crippen LogP contribution in [-0.4, -0.2) is 59.8 Å². The van der Waals surface area contributed by atoms with Gasteiger partial charge in [-0.2, -0.15) is 13.2 Å². The molecule has 2 amide bonds. The van der Waals surface area contributed by atoms with E-state index in [4.69, 9.17) is 4.74 Å². The number of carbonyl (C=O) groups excluding carboxylic acids is 2. The molecular weight excluding hydrogens is 485 g/mol. The number of likely N-dealkylation sites (N-methyl/N-ethyl adjacent to an activating group) is 1. The fourth-order valence-electron chi connectivity index (χ4n) is 5.59. The van der Waals surface area contributed by atoms with Gasteiger partial charge in [-0.15, -0.1) is 0 Å². The molecule has 4 rings (SSSR count). The molecule has 0 bridgehead atoms. The summed E-state index contributed by atoms with van der Waals surface area (Å²) in [5, 5.41) is 10.5. The first-order valence-electron chi connectivity index (χ1n) is 12.6. The summed E-state index contributed by atoms with van der Waals surface area (Å²) in [7, 11) is 1.30. The van der Waals surface area contributed by atoms with Gasteiger partial charge >= 0.3 is 12.3 Å². The summed E-state index contributed by atoms with van der Waals surface area (Å²) < 4.78 is 46.8. The maximum absolute atomic E-state index is 13.8. The SMILES string of the molecule is CN(CCC1CC2(CCN(C(=O)OCc3ccccc3)CC2)C1)C(=O)[C@](O)(c1ccccc1)C(F)(F)F. The number of carbonyl (C=O) groups is 2. The molecule has 37 heavy (non-hydrogen) atoms. The highest BCUT2D eigenvalue weighted by atomic mass is 19.4. The highest BCUT2D eigenvalue weighted by molar-refractivity contribution is 5.87. The van der Waals surface area contributed by atoms with Crippen molar-refractivity contribution < 1.29 is 32.6 Å². The van der Waals surface area contributed by atoms with Crippen molar-refractivity contribution in [3.63, 3.8) is 0 Å². The van der Waals surface area contributed by atoms with Gasteiger partial charge in [-0.05, 0) is 49.0 Å². The second-order valence-corrected chi connectivity index (χ2v) is 10.4. The van der Waals surface area contributed by atoms with E-state index in [9.17, 15) is 27.9 Å². The second kappa shape index (κ2) is 10.7. The number of halogens is 3. The summed E-state index contributed by atoms with van der Waals surface area (Å²) in [6.07, 6.45) is -1.33. The van der Waals surface area contributed by atoms with Crippen LogP contribution in [0.1, 0.15) is 43.2 Å². The Kier molecular flexibility index (Phi) is 7.83. The van der Waals surface area contributed by atoms with E-state index in [1.807, 2.05) is 30.3 Å². The first-order chi connectivity index (χ1) is 17.5. The number of ether oxygens (including phenoxy) is 1. The third-order valence-corrected chi connectivity index (χ3v) is 7.86. The van der Waals surface area contributed by atoms with E-state index in [-0.39, 0.29) is 24.7 Å². The third-order valence-electron chi connectivity index (χ3n) is 7.86. The molecule has 1 saturated heterocycles. The van der Waals surface area contributed by atoms with E-state index in [1.165, 1.54) is 25.2 Å². The van der Waals surface area contributed by atoms with Gasteiger partial charge in [0.1, 0.15) is 6.61 Å². The molecule has 2 aromatic carbocycles. The molecule has 2 fully saturated rings. The maximum atomic E-state index is 13.8. The van der Waals surface area contributed by atoms with Crippen molar-refractivity contribution in [3.8, 4) is 0 Å². The summed E-state index contributed by atoms with van der Waals surface area (Å²) in [6.45, 7) is 1.61. The lowest BCUT2D eigenvalue weighted by molar-refractivity contribution is -0.261. The number of amides is 2. The lowest BCUT2D eigenvalue weighted by Gasteiger charge is -2.52. The van der Waals surface area contributed by atoms with Crippen LogP contribution in [0.4, 0.5) is 18.0 Å². The highest BCUT2D eigenvalue weighted by Crippen LogP contribution is 2.53. The summed E-state index contributed by atoms with van der Waals surface area (Å²) in [6, 6.07) is 16.0. The molecule has 1 heterocycles. The Balaban J connectivity index is 1.22. The lowest BCUT2D eigenvalue weighted by Crippen LogP contribution is -2.55. The summed E-state index contributed by atoms with van der Waals surface area (Å²) in [5.74, 6) is -1.08. The van der Waals surface area contributed by atoms with E-state index >= 15 is 0 Å². The predicted octanol–water partition coefficient (Wildman–Crippen LogP) is 5.11. The molecule has 0 unspecified atom stereocenters. The lowest BCUT2D eigenvalue weighted by atomic mass is 9.57. The zero-order chi connectivity index (χ0) is 26.7. The Labute approximate surface area is 215 Å². The molecule has 1 aliphatic carbocycles. The number of likely N-dealkylation sites (tertiary alicyclic amines) is 1. The van der Waals surface area contributed by atoms with E-state index in [1.54, 1.807) is 4.90 Å². The molecule has 1 N–H and O–H groups in total. The molecule has 0 aromatic heterocycles. The molecular formula is C28H33F3N2O4. The van der Waals surface area contributed by atoms with Gasteiger partial charge in [0.15, 0.2) is 0 Å². The van der Waals surface area contributed by atoms with Crippen LogP contribution in [0, 0.1) is 11.3 Å². The normalized spacial score (nSPS) is 19.1. The van der Waals surface area contributed by atoms with Gasteiger partial charge in [0.25, 0.3) is 11.5 Å². The van der Waals surface area contributed by atoms with E-state index in [0.29, 0.717) is 25.4 Å². The van der Waals surface area contributed by atoms with Crippen molar-refractivity contribution in [2.24, 2.45) is 11.3 Å². The first kappa shape index (κ1) is 27.0. The van der Waals surface area contributed by atoms with Crippen LogP contribution < -0.4 is 0 Å². The fraction of sp³-hybridized carbons (Fsp3) is 0.500. The maximum Gasteiger partial charge on any atom is 0.430 e. The number of rotatable bonds is 7. The Bertz CT molecular complexity index is 1060. The molecule has 1 aliphatic heterocycles. The Morgan fingerprint density at radius 2 is 1.59 bits per heavy atom. The molecule has 2 aliphatic rings. The van der Waals surface area contributed by atoms with Gasteiger partial charge < -0.3 is 19.6 Å². The first-order valence-corrected chi connectivity index (χ1v) is 12.6. The zero-order valence-electron chi connectivity index (χ0n) is 20.9. The van der Waals surface area contributed by atoms with Crippen molar-refractivity contribution in [1.82, 2.24) is 9.80 Å². The second-order valence-electron chi connectivity index (χ2n) is 10.4. The largest absolute Gasteiger partial charge is 0.445 e. The van der Waals surface area contributed by atoms with Gasteiger partial charge in [0, 0.05) is 32.2 Å². The molecule has 6 nitrogen and oxygen atoms in total. The Morgan fingerprint density at radius 3 is 2.16 bits per heavy atom. The van der Waals surface area contributed by atoms with Crippen molar-refractivity contribution in [3.05, 3.63) is 71.8 Å². The van der Waals surface area contributed by atoms with Gasteiger partial charge in [0.2, 0.25) is 0 Å². The topological polar surface area (TPSA) is 70.1 Å². The van der Waals surface area contributed by atoms with Crippen molar-refractivity contribution in [1.29, 1.82) is 0 Å². The van der Waals surface area contributed by atoms with Crippen LogP contribution in [0.15, 0.2) is 60.7 Å². The molecule has 2 aromatic rings. The van der Waals surface area contributed by atoms with Crippen LogP contribution in [0.25, 0.3) is 0 Å². The number of hydrogen-bond donors (Lipinski definition) is 1. The van der Waals surface area contributed by atoms with Crippen molar-refractivity contribution in [2.75, 3.05) is 26.7 Å². The number of hydrogen-bond acceptors (Lipinski definition) is 4. The average Bonchev–Trinajstić information content (AvgIpc) is 2.89. The average molecular weight is 519 g/mol. The molecule has 1 saturated carbocycles. The molecule has 200 valence electrons. The predicted molar refractivity (Wildman–Crippen MR) is 131 cm³/mol. The monoisotopic (exact) mass is 518 g/mol. The number of alkyl halides is 3. The number of benzene rings is 2. The Hall–Kier alpha value is -3.07. The fourth-order valence-corrected chi connectivity index (χ4v) is 5.59. The summed E-state index contributed by atoms with van der Waals surface area (Å²) in [4.78, 5) is 27.9. The minimum atomic E-state index is -5.14. The van der Waals surface area contributed by atoms with Crippen molar-refractivity contribution in [2.45, 2.75) is 50.5 Å². The number of piperidine rings is 1. The van der Waals surface area contributed by atoms with Crippen LogP contribution >= 0.6 is 0 Å². The van der Waals surface area contributed by atoms with E-state index in [2.05, 4.69) is 0 Å². The minimum Gasteiger partial charge on any atom is -0.445 e. The summed E-state index contributed by atoms with van der Waals surface area (Å²) >= 11 is 0. The number of nitrogens with zero attached hydrogens (tertiary/aromatic N) is 2. The number of aliphatic hydroxyl groups is 1. The van der Waals surface area contributed by atoms with Gasteiger partial charge in [-0.3, -0.25) is 4.79 Å². The zero-order valence-corrected chi connectivity index (χ0v) is 20.9. The molecule has 1 atom stereocenters. The van der Waals surface area contributed by atoms with E-state index < -0.39 is 23.2 Å². The van der Waals surface area contributed by atoms with Crippen LogP contribution in [-0.2, 0) is 21.7 Å². The van der Waals surface area contributed by atoms with Crippen LogP contribution in [0.3, 0.4) is 0 Å². The van der Waals surface area contributed by atoms with Gasteiger partial charge in [-0.1, -0.05) is 60.7 Å². The third kappa shape index (κ3) is 5.76. The van der Waals surface area contributed by atoms with Gasteiger partial charge in [-0.25, -0.2) is 4.79 Å². The Morgan fingerprint density at radius 1 is 1.03 bits per heavy atom. The van der Waals surface area contributed by atoms with Crippen molar-refractivity contribution >= 4 is 12.0 Å². The van der Waals surface area contributed by atoms with E-state index in [0.717, 1.165) is 48.3 Å². The smallest absolute Gasteiger partial charge is 0.430 e. The van der Waals surface area contributed by atoms with Crippen LogP contribution in [0.2, 0.25) is 0 Å².